The van der Waals surface area contributed by atoms with E-state index >= 15 is 0 Å². The molecule has 0 N–H and O–H groups in total. The van der Waals surface area contributed by atoms with E-state index in [2.05, 4.69) is 6.07 Å². The normalized spacial score (nSPS) is 30.1. The molecule has 0 aromatic rings. The molecule has 3 heteroatoms. The Morgan fingerprint density at radius 3 is 2.53 bits per heavy atom. The van der Waals surface area contributed by atoms with Crippen LogP contribution in [0.15, 0.2) is 11.8 Å². The zero-order chi connectivity index (χ0) is 10.9. The quantitative estimate of drug-likeness (QED) is 0.573. The van der Waals surface area contributed by atoms with Gasteiger partial charge in [0.25, 0.3) is 0 Å². The number of rotatable bonds is 0. The Kier molecular flexibility index (Phi) is 2.47. The first-order chi connectivity index (χ1) is 7.08. The van der Waals surface area contributed by atoms with E-state index in [9.17, 15) is 0 Å². The lowest BCUT2D eigenvalue weighted by atomic mass is 9.83. The third-order valence-electron chi connectivity index (χ3n) is 3.10. The summed E-state index contributed by atoms with van der Waals surface area (Å²) in [6.07, 6.45) is 7.02. The van der Waals surface area contributed by atoms with Crippen molar-refractivity contribution in [1.29, 1.82) is 5.26 Å². The zero-order valence-corrected chi connectivity index (χ0v) is 9.38. The largest absolute Gasteiger partial charge is 0.463 e. The van der Waals surface area contributed by atoms with Gasteiger partial charge in [-0.3, -0.25) is 0 Å². The minimum Gasteiger partial charge on any atom is -0.463 e. The third-order valence-corrected chi connectivity index (χ3v) is 3.10. The topological polar surface area (TPSA) is 42.2 Å². The van der Waals surface area contributed by atoms with Gasteiger partial charge in [-0.1, -0.05) is 19.3 Å². The summed E-state index contributed by atoms with van der Waals surface area (Å²) in [6.45, 7) is 3.81. The summed E-state index contributed by atoms with van der Waals surface area (Å²) in [5, 5.41) is 8.75. The highest BCUT2D eigenvalue weighted by atomic mass is 16.8. The van der Waals surface area contributed by atoms with Crippen molar-refractivity contribution in [3.05, 3.63) is 11.8 Å². The van der Waals surface area contributed by atoms with Gasteiger partial charge in [-0.05, 0) is 12.8 Å². The van der Waals surface area contributed by atoms with Crippen molar-refractivity contribution >= 4 is 0 Å². The van der Waals surface area contributed by atoms with Gasteiger partial charge in [0.1, 0.15) is 11.4 Å². The Hall–Kier alpha value is -1.01. The lowest BCUT2D eigenvalue weighted by Gasteiger charge is -2.31. The second-order valence-electron chi connectivity index (χ2n) is 4.80. The molecule has 3 nitrogen and oxygen atoms in total. The van der Waals surface area contributed by atoms with Crippen molar-refractivity contribution in [2.75, 3.05) is 0 Å². The molecule has 2 aliphatic rings. The van der Waals surface area contributed by atoms with Crippen molar-refractivity contribution in [3.8, 4) is 6.07 Å². The highest BCUT2D eigenvalue weighted by molar-refractivity contribution is 5.22. The van der Waals surface area contributed by atoms with Gasteiger partial charge < -0.3 is 9.47 Å². The smallest absolute Gasteiger partial charge is 0.205 e. The molecule has 2 fully saturated rings. The van der Waals surface area contributed by atoms with Crippen LogP contribution >= 0.6 is 0 Å². The summed E-state index contributed by atoms with van der Waals surface area (Å²) in [5.74, 6) is 0.148. The molecule has 0 amide bonds. The van der Waals surface area contributed by atoms with Crippen LogP contribution in [0.3, 0.4) is 0 Å². The second kappa shape index (κ2) is 3.53. The molecule has 1 aliphatic heterocycles. The first kappa shape index (κ1) is 10.5. The number of allylic oxidation sites excluding steroid dienone is 1. The van der Waals surface area contributed by atoms with E-state index in [-0.39, 0.29) is 5.60 Å². The van der Waals surface area contributed by atoms with Crippen molar-refractivity contribution in [1.82, 2.24) is 0 Å². The molecule has 15 heavy (non-hydrogen) atoms. The van der Waals surface area contributed by atoms with Gasteiger partial charge in [0.15, 0.2) is 0 Å². The molecule has 0 aromatic heterocycles. The van der Waals surface area contributed by atoms with E-state index in [1.807, 2.05) is 13.8 Å². The Balaban J connectivity index is 2.29. The molecule has 82 valence electrons. The van der Waals surface area contributed by atoms with Crippen LogP contribution in [0.25, 0.3) is 0 Å². The van der Waals surface area contributed by atoms with Gasteiger partial charge in [0, 0.05) is 13.8 Å². The molecule has 0 unspecified atom stereocenters. The molecule has 1 aliphatic carbocycles. The van der Waals surface area contributed by atoms with Gasteiger partial charge in [0.05, 0.1) is 12.1 Å². The Morgan fingerprint density at radius 1 is 1.27 bits per heavy atom. The molecule has 0 aromatic carbocycles. The van der Waals surface area contributed by atoms with Crippen LogP contribution in [0.5, 0.6) is 0 Å². The number of ether oxygens (including phenoxy) is 2. The van der Waals surface area contributed by atoms with E-state index < -0.39 is 5.79 Å². The van der Waals surface area contributed by atoms with Crippen LogP contribution in [-0.2, 0) is 9.47 Å². The highest BCUT2D eigenvalue weighted by Crippen LogP contribution is 2.47. The Labute approximate surface area is 90.7 Å². The number of nitrogens with zero attached hydrogens (tertiary/aromatic N) is 1. The molecule has 1 saturated heterocycles. The van der Waals surface area contributed by atoms with Crippen LogP contribution in [0, 0.1) is 11.3 Å². The predicted octanol–water partition coefficient (Wildman–Crippen LogP) is 2.88. The minimum atomic E-state index is -0.583. The summed E-state index contributed by atoms with van der Waals surface area (Å²) < 4.78 is 11.7. The van der Waals surface area contributed by atoms with Gasteiger partial charge in [-0.15, -0.1) is 0 Å². The molecule has 0 bridgehead atoms. The van der Waals surface area contributed by atoms with Crippen LogP contribution in [0.4, 0.5) is 0 Å². The van der Waals surface area contributed by atoms with E-state index in [4.69, 9.17) is 14.7 Å². The maximum absolute atomic E-state index is 8.75. The summed E-state index contributed by atoms with van der Waals surface area (Å²) >= 11 is 0. The lowest BCUT2D eigenvalue weighted by Crippen LogP contribution is -2.35. The average Bonchev–Trinajstić information content (AvgIpc) is 2.39. The van der Waals surface area contributed by atoms with Gasteiger partial charge in [0.2, 0.25) is 5.79 Å². The molecule has 2 rings (SSSR count). The van der Waals surface area contributed by atoms with Crippen LogP contribution in [0.1, 0.15) is 46.0 Å². The van der Waals surface area contributed by atoms with Crippen molar-refractivity contribution < 1.29 is 9.47 Å². The van der Waals surface area contributed by atoms with Crippen LogP contribution in [0.2, 0.25) is 0 Å². The van der Waals surface area contributed by atoms with Crippen molar-refractivity contribution in [2.24, 2.45) is 0 Å². The van der Waals surface area contributed by atoms with E-state index in [1.165, 1.54) is 12.5 Å². The van der Waals surface area contributed by atoms with E-state index in [0.717, 1.165) is 31.4 Å². The molecule has 1 saturated carbocycles. The van der Waals surface area contributed by atoms with E-state index in [0.29, 0.717) is 0 Å². The maximum atomic E-state index is 8.75. The fraction of sp³-hybridized carbons (Fsp3) is 0.750. The molecular formula is C12H17NO2. The molecule has 1 heterocycles. The predicted molar refractivity (Wildman–Crippen MR) is 55.8 cm³/mol. The lowest BCUT2D eigenvalue weighted by molar-refractivity contribution is -0.166. The fourth-order valence-electron chi connectivity index (χ4n) is 2.59. The zero-order valence-electron chi connectivity index (χ0n) is 9.38. The summed E-state index contributed by atoms with van der Waals surface area (Å²) in [7, 11) is 0. The van der Waals surface area contributed by atoms with Crippen molar-refractivity contribution in [2.45, 2.75) is 57.3 Å². The Bertz CT molecular complexity index is 319. The Morgan fingerprint density at radius 2 is 1.93 bits per heavy atom. The number of hydrogen-bond donors (Lipinski definition) is 0. The minimum absolute atomic E-state index is 0.308. The molecule has 0 radical (unpaired) electrons. The van der Waals surface area contributed by atoms with Crippen molar-refractivity contribution in [3.63, 3.8) is 0 Å². The SMILES string of the molecule is CC1(C)OC(=CC#N)C2(CCCCC2)O1. The van der Waals surface area contributed by atoms with Crippen LogP contribution < -0.4 is 0 Å². The third kappa shape index (κ3) is 1.87. The summed E-state index contributed by atoms with van der Waals surface area (Å²) in [4.78, 5) is 0. The van der Waals surface area contributed by atoms with E-state index in [1.54, 1.807) is 0 Å². The molecule has 0 atom stereocenters. The van der Waals surface area contributed by atoms with Crippen LogP contribution in [-0.4, -0.2) is 11.4 Å². The van der Waals surface area contributed by atoms with Gasteiger partial charge >= 0.3 is 0 Å². The fourth-order valence-corrected chi connectivity index (χ4v) is 2.59. The maximum Gasteiger partial charge on any atom is 0.205 e. The highest BCUT2D eigenvalue weighted by Gasteiger charge is 2.50. The molecule has 1 spiro atoms. The number of nitriles is 1. The monoisotopic (exact) mass is 207 g/mol. The standard InChI is InChI=1S/C12H17NO2/c1-11(2)14-10(6-9-13)12(15-11)7-4-3-5-8-12/h6H,3-5,7-8H2,1-2H3. The summed E-state index contributed by atoms with van der Waals surface area (Å²) in [5.41, 5.74) is -0.308. The second-order valence-corrected chi connectivity index (χ2v) is 4.80. The number of hydrogen-bond acceptors (Lipinski definition) is 3. The summed E-state index contributed by atoms with van der Waals surface area (Å²) in [6, 6.07) is 2.05. The first-order valence-corrected chi connectivity index (χ1v) is 5.57. The van der Waals surface area contributed by atoms with Gasteiger partial charge in [-0.2, -0.15) is 5.26 Å². The molecular weight excluding hydrogens is 190 g/mol. The van der Waals surface area contributed by atoms with Gasteiger partial charge in [-0.25, -0.2) is 0 Å². The first-order valence-electron chi connectivity index (χ1n) is 5.57. The average molecular weight is 207 g/mol.